The summed E-state index contributed by atoms with van der Waals surface area (Å²) in [6, 6.07) is 3.28. The molecule has 1 aromatic carbocycles. The molecule has 0 heterocycles. The number of benzene rings is 1. The van der Waals surface area contributed by atoms with Crippen LogP contribution >= 0.6 is 0 Å². The predicted molar refractivity (Wildman–Crippen MR) is 94.3 cm³/mol. The Kier molecular flexibility index (Phi) is 6.91. The van der Waals surface area contributed by atoms with Gasteiger partial charge in [0.25, 0.3) is 0 Å². The molecule has 0 bridgehead atoms. The molecule has 0 aliphatic heterocycles. The lowest BCUT2D eigenvalue weighted by molar-refractivity contribution is -0.128. The van der Waals surface area contributed by atoms with E-state index in [1.165, 1.54) is 27.8 Å². The lowest BCUT2D eigenvalue weighted by Gasteiger charge is -2.20. The third-order valence-corrected chi connectivity index (χ3v) is 4.35. The van der Waals surface area contributed by atoms with Gasteiger partial charge in [-0.2, -0.15) is 0 Å². The van der Waals surface area contributed by atoms with Gasteiger partial charge in [0.05, 0.1) is 27.9 Å². The van der Waals surface area contributed by atoms with Crippen molar-refractivity contribution >= 4 is 17.5 Å². The molecule has 1 aromatic rings. The van der Waals surface area contributed by atoms with Gasteiger partial charge in [0, 0.05) is 23.7 Å². The maximum atomic E-state index is 12.1. The van der Waals surface area contributed by atoms with Gasteiger partial charge in [-0.05, 0) is 12.8 Å². The van der Waals surface area contributed by atoms with Crippen molar-refractivity contribution in [1.82, 2.24) is 5.32 Å². The molecule has 2 rings (SSSR count). The Morgan fingerprint density at radius 2 is 1.60 bits per heavy atom. The second kappa shape index (κ2) is 9.15. The zero-order valence-corrected chi connectivity index (χ0v) is 15.0. The largest absolute Gasteiger partial charge is 0.493 e. The number of carbonyl (C=O) groups is 2. The smallest absolute Gasteiger partial charge is 0.243 e. The van der Waals surface area contributed by atoms with Crippen LogP contribution in [0.4, 0.5) is 5.69 Å². The highest BCUT2D eigenvalue weighted by molar-refractivity contribution is 5.95. The molecule has 0 unspecified atom stereocenters. The highest BCUT2D eigenvalue weighted by Gasteiger charge is 2.21. The number of ether oxygens (including phenoxy) is 3. The molecule has 138 valence electrons. The molecule has 0 spiro atoms. The number of amides is 2. The van der Waals surface area contributed by atoms with E-state index >= 15 is 0 Å². The minimum Gasteiger partial charge on any atom is -0.493 e. The minimum atomic E-state index is -0.307. The monoisotopic (exact) mass is 350 g/mol. The fourth-order valence-corrected chi connectivity index (χ4v) is 3.03. The first-order chi connectivity index (χ1) is 12.1. The van der Waals surface area contributed by atoms with Crippen LogP contribution < -0.4 is 24.8 Å². The summed E-state index contributed by atoms with van der Waals surface area (Å²) in [6.45, 7) is -0.0635. The summed E-state index contributed by atoms with van der Waals surface area (Å²) in [7, 11) is 4.53. The molecular weight excluding hydrogens is 324 g/mol. The third kappa shape index (κ3) is 5.01. The number of methoxy groups -OCH3 is 3. The van der Waals surface area contributed by atoms with E-state index in [9.17, 15) is 9.59 Å². The summed E-state index contributed by atoms with van der Waals surface area (Å²) in [5.41, 5.74) is 0.506. The number of nitrogens with one attached hydrogen (secondary N) is 2. The highest BCUT2D eigenvalue weighted by Crippen LogP contribution is 2.39. The quantitative estimate of drug-likeness (QED) is 0.788. The second-order valence-electron chi connectivity index (χ2n) is 6.01. The van der Waals surface area contributed by atoms with Crippen LogP contribution in [0.1, 0.15) is 32.1 Å². The van der Waals surface area contributed by atoms with Crippen molar-refractivity contribution < 1.29 is 23.8 Å². The van der Waals surface area contributed by atoms with E-state index < -0.39 is 0 Å². The second-order valence-corrected chi connectivity index (χ2v) is 6.01. The molecule has 2 amide bonds. The summed E-state index contributed by atoms with van der Waals surface area (Å²) in [5.74, 6) is 1.03. The van der Waals surface area contributed by atoms with Crippen molar-refractivity contribution in [3.63, 3.8) is 0 Å². The summed E-state index contributed by atoms with van der Waals surface area (Å²) < 4.78 is 15.7. The Morgan fingerprint density at radius 3 is 2.12 bits per heavy atom. The van der Waals surface area contributed by atoms with Gasteiger partial charge in [0.2, 0.25) is 17.6 Å². The van der Waals surface area contributed by atoms with Crippen LogP contribution in [0.25, 0.3) is 0 Å². The SMILES string of the molecule is COc1cc(NC(=O)CNC(=O)C2CCCCC2)cc(OC)c1OC. The summed E-state index contributed by atoms with van der Waals surface area (Å²) in [4.78, 5) is 24.2. The summed E-state index contributed by atoms with van der Waals surface area (Å²) >= 11 is 0. The first-order valence-corrected chi connectivity index (χ1v) is 8.46. The van der Waals surface area contributed by atoms with E-state index in [0.717, 1.165) is 25.7 Å². The van der Waals surface area contributed by atoms with Gasteiger partial charge in [0.15, 0.2) is 11.5 Å². The van der Waals surface area contributed by atoms with Crippen LogP contribution in [-0.2, 0) is 9.59 Å². The van der Waals surface area contributed by atoms with Crippen LogP contribution in [0, 0.1) is 5.92 Å². The average Bonchev–Trinajstić information content (AvgIpc) is 2.65. The lowest BCUT2D eigenvalue weighted by Crippen LogP contribution is -2.37. The highest BCUT2D eigenvalue weighted by atomic mass is 16.5. The Morgan fingerprint density at radius 1 is 1.00 bits per heavy atom. The maximum absolute atomic E-state index is 12.1. The molecule has 1 fully saturated rings. The van der Waals surface area contributed by atoms with E-state index in [0.29, 0.717) is 22.9 Å². The van der Waals surface area contributed by atoms with Crippen LogP contribution in [0.2, 0.25) is 0 Å². The van der Waals surface area contributed by atoms with Crippen molar-refractivity contribution in [3.8, 4) is 17.2 Å². The summed E-state index contributed by atoms with van der Waals surface area (Å²) in [6.07, 6.45) is 5.15. The van der Waals surface area contributed by atoms with Crippen molar-refractivity contribution in [3.05, 3.63) is 12.1 Å². The standard InChI is InChI=1S/C18H26N2O5/c1-23-14-9-13(10-15(24-2)17(14)25-3)20-16(21)11-19-18(22)12-7-5-4-6-8-12/h9-10,12H,4-8,11H2,1-3H3,(H,19,22)(H,20,21). The zero-order valence-electron chi connectivity index (χ0n) is 15.0. The van der Waals surface area contributed by atoms with Gasteiger partial charge in [-0.25, -0.2) is 0 Å². The predicted octanol–water partition coefficient (Wildman–Crippen LogP) is 2.35. The van der Waals surface area contributed by atoms with E-state index in [2.05, 4.69) is 10.6 Å². The molecule has 25 heavy (non-hydrogen) atoms. The van der Waals surface area contributed by atoms with Gasteiger partial charge in [-0.15, -0.1) is 0 Å². The first kappa shape index (κ1) is 18.9. The Bertz CT molecular complexity index is 586. The fraction of sp³-hybridized carbons (Fsp3) is 0.556. The van der Waals surface area contributed by atoms with Crippen molar-refractivity contribution in [2.45, 2.75) is 32.1 Å². The lowest BCUT2D eigenvalue weighted by atomic mass is 9.89. The normalized spacial score (nSPS) is 14.5. The minimum absolute atomic E-state index is 0.0303. The molecule has 2 N–H and O–H groups in total. The molecular formula is C18H26N2O5. The van der Waals surface area contributed by atoms with Gasteiger partial charge < -0.3 is 24.8 Å². The summed E-state index contributed by atoms with van der Waals surface area (Å²) in [5, 5.41) is 5.45. The van der Waals surface area contributed by atoms with Crippen LogP contribution in [0.15, 0.2) is 12.1 Å². The molecule has 0 saturated heterocycles. The van der Waals surface area contributed by atoms with Gasteiger partial charge >= 0.3 is 0 Å². The average molecular weight is 350 g/mol. The number of carbonyl (C=O) groups excluding carboxylic acids is 2. The molecule has 7 heteroatoms. The number of hydrogen-bond donors (Lipinski definition) is 2. The molecule has 1 aliphatic carbocycles. The van der Waals surface area contributed by atoms with E-state index in [1.807, 2.05) is 0 Å². The van der Waals surface area contributed by atoms with Crippen molar-refractivity contribution in [1.29, 1.82) is 0 Å². The van der Waals surface area contributed by atoms with Crippen molar-refractivity contribution in [2.24, 2.45) is 5.92 Å². The zero-order chi connectivity index (χ0) is 18.2. The molecule has 7 nitrogen and oxygen atoms in total. The van der Waals surface area contributed by atoms with Crippen LogP contribution in [-0.4, -0.2) is 39.7 Å². The van der Waals surface area contributed by atoms with Gasteiger partial charge in [-0.3, -0.25) is 9.59 Å². The molecule has 1 aliphatic rings. The van der Waals surface area contributed by atoms with Crippen molar-refractivity contribution in [2.75, 3.05) is 33.2 Å². The molecule has 0 radical (unpaired) electrons. The number of anilines is 1. The topological polar surface area (TPSA) is 85.9 Å². The number of rotatable bonds is 7. The molecule has 1 saturated carbocycles. The van der Waals surface area contributed by atoms with E-state index in [1.54, 1.807) is 12.1 Å². The van der Waals surface area contributed by atoms with E-state index in [4.69, 9.17) is 14.2 Å². The third-order valence-electron chi connectivity index (χ3n) is 4.35. The molecule has 0 aromatic heterocycles. The van der Waals surface area contributed by atoms with Crippen LogP contribution in [0.3, 0.4) is 0 Å². The fourth-order valence-electron chi connectivity index (χ4n) is 3.03. The van der Waals surface area contributed by atoms with Crippen LogP contribution in [0.5, 0.6) is 17.2 Å². The Balaban J connectivity index is 1.94. The van der Waals surface area contributed by atoms with E-state index in [-0.39, 0.29) is 24.3 Å². The molecule has 0 atom stereocenters. The number of hydrogen-bond acceptors (Lipinski definition) is 5. The first-order valence-electron chi connectivity index (χ1n) is 8.46. The maximum Gasteiger partial charge on any atom is 0.243 e. The van der Waals surface area contributed by atoms with Gasteiger partial charge in [-0.1, -0.05) is 19.3 Å². The van der Waals surface area contributed by atoms with Gasteiger partial charge in [0.1, 0.15) is 0 Å². The Hall–Kier alpha value is -2.44. The Labute approximate surface area is 148 Å².